The molecule has 23 heavy (non-hydrogen) atoms. The largest absolute Gasteiger partial charge is 0.464 e. The lowest BCUT2D eigenvalue weighted by Gasteiger charge is -2.19. The van der Waals surface area contributed by atoms with E-state index in [9.17, 15) is 19.2 Å². The Bertz CT molecular complexity index is 491. The molecule has 0 N–H and O–H groups in total. The topological polar surface area (TPSA) is 90.0 Å². The Morgan fingerprint density at radius 1 is 1.09 bits per heavy atom. The van der Waals surface area contributed by atoms with Crippen molar-refractivity contribution >= 4 is 23.8 Å². The van der Waals surface area contributed by atoms with E-state index in [0.29, 0.717) is 0 Å². The lowest BCUT2D eigenvalue weighted by molar-refractivity contribution is -0.150. The van der Waals surface area contributed by atoms with Gasteiger partial charge in [-0.25, -0.2) is 4.79 Å². The molecule has 0 bridgehead atoms. The Kier molecular flexibility index (Phi) is 5.90. The van der Waals surface area contributed by atoms with Crippen LogP contribution in [-0.2, 0) is 28.7 Å². The highest BCUT2D eigenvalue weighted by molar-refractivity contribution is 6.05. The first-order valence-electron chi connectivity index (χ1n) is 7.84. The molecule has 1 aliphatic carbocycles. The van der Waals surface area contributed by atoms with E-state index >= 15 is 0 Å². The second-order valence-corrected chi connectivity index (χ2v) is 5.67. The minimum Gasteiger partial charge on any atom is -0.464 e. The van der Waals surface area contributed by atoms with Crippen LogP contribution in [0.5, 0.6) is 0 Å². The van der Waals surface area contributed by atoms with Gasteiger partial charge in [-0.2, -0.15) is 0 Å². The molecule has 1 aliphatic heterocycles. The molecule has 0 aromatic carbocycles. The molecule has 0 aromatic heterocycles. The quantitative estimate of drug-likeness (QED) is 0.391. The predicted molar refractivity (Wildman–Crippen MR) is 78.9 cm³/mol. The van der Waals surface area contributed by atoms with Crippen LogP contribution in [0.1, 0.15) is 32.1 Å². The van der Waals surface area contributed by atoms with Gasteiger partial charge in [0.15, 0.2) is 0 Å². The molecule has 1 saturated carbocycles. The van der Waals surface area contributed by atoms with E-state index < -0.39 is 11.9 Å². The number of amides is 2. The van der Waals surface area contributed by atoms with Crippen LogP contribution in [0.15, 0.2) is 12.7 Å². The Labute approximate surface area is 134 Å². The fourth-order valence-corrected chi connectivity index (χ4v) is 3.07. The summed E-state index contributed by atoms with van der Waals surface area (Å²) in [7, 11) is 0. The van der Waals surface area contributed by atoms with Gasteiger partial charge in [0.25, 0.3) is 0 Å². The van der Waals surface area contributed by atoms with Crippen molar-refractivity contribution in [3.05, 3.63) is 12.7 Å². The van der Waals surface area contributed by atoms with Crippen molar-refractivity contribution in [2.24, 2.45) is 11.8 Å². The summed E-state index contributed by atoms with van der Waals surface area (Å²) in [4.78, 5) is 47.9. The molecular formula is C16H21NO6. The van der Waals surface area contributed by atoms with Crippen LogP contribution in [0.25, 0.3) is 0 Å². The number of carbonyl (C=O) groups excluding carboxylic acids is 4. The average molecular weight is 323 g/mol. The number of likely N-dealkylation sites (tertiary alicyclic amines) is 1. The maximum Gasteiger partial charge on any atom is 0.330 e. The van der Waals surface area contributed by atoms with Gasteiger partial charge < -0.3 is 9.47 Å². The highest BCUT2D eigenvalue weighted by Gasteiger charge is 2.47. The molecule has 2 aliphatic rings. The first-order chi connectivity index (χ1) is 11.0. The molecule has 2 fully saturated rings. The van der Waals surface area contributed by atoms with E-state index in [1.54, 1.807) is 0 Å². The van der Waals surface area contributed by atoms with Crippen molar-refractivity contribution < 1.29 is 28.7 Å². The molecule has 0 spiro atoms. The summed E-state index contributed by atoms with van der Waals surface area (Å²) in [6, 6.07) is 0. The second-order valence-electron chi connectivity index (χ2n) is 5.67. The summed E-state index contributed by atoms with van der Waals surface area (Å²) in [6.45, 7) is 3.20. The standard InChI is InChI=1S/C16H21NO6/c1-2-13(18)22-9-7-14(19)23-10-8-17-15(20)11-5-3-4-6-12(11)16(17)21/h2,11-12H,1,3-10H2. The molecule has 126 valence electrons. The third-order valence-corrected chi connectivity index (χ3v) is 4.23. The number of imide groups is 1. The molecule has 7 nitrogen and oxygen atoms in total. The van der Waals surface area contributed by atoms with Crippen LogP contribution in [0.4, 0.5) is 0 Å². The maximum atomic E-state index is 12.2. The third-order valence-electron chi connectivity index (χ3n) is 4.23. The summed E-state index contributed by atoms with van der Waals surface area (Å²) in [5.74, 6) is -1.81. The predicted octanol–water partition coefficient (Wildman–Crippen LogP) is 0.824. The Morgan fingerprint density at radius 2 is 1.70 bits per heavy atom. The summed E-state index contributed by atoms with van der Waals surface area (Å²) in [6.07, 6.45) is 4.42. The number of ether oxygens (including phenoxy) is 2. The summed E-state index contributed by atoms with van der Waals surface area (Å²) >= 11 is 0. The van der Waals surface area contributed by atoms with Gasteiger partial charge in [0, 0.05) is 6.08 Å². The molecule has 7 heteroatoms. The van der Waals surface area contributed by atoms with Crippen molar-refractivity contribution in [3.63, 3.8) is 0 Å². The van der Waals surface area contributed by atoms with Gasteiger partial charge in [0.2, 0.25) is 11.8 Å². The van der Waals surface area contributed by atoms with Crippen LogP contribution >= 0.6 is 0 Å². The van der Waals surface area contributed by atoms with E-state index in [1.165, 1.54) is 4.90 Å². The third kappa shape index (κ3) is 4.18. The van der Waals surface area contributed by atoms with E-state index in [4.69, 9.17) is 4.74 Å². The Hall–Kier alpha value is -2.18. The number of fused-ring (bicyclic) bond motifs is 1. The zero-order valence-electron chi connectivity index (χ0n) is 13.0. The zero-order chi connectivity index (χ0) is 16.8. The van der Waals surface area contributed by atoms with Crippen molar-refractivity contribution in [3.8, 4) is 0 Å². The molecule has 1 saturated heterocycles. The van der Waals surface area contributed by atoms with Crippen molar-refractivity contribution in [1.82, 2.24) is 4.90 Å². The molecule has 0 aromatic rings. The molecule has 2 amide bonds. The lowest BCUT2D eigenvalue weighted by Crippen LogP contribution is -2.34. The first kappa shape index (κ1) is 17.2. The van der Waals surface area contributed by atoms with E-state index in [-0.39, 0.29) is 49.8 Å². The van der Waals surface area contributed by atoms with E-state index in [0.717, 1.165) is 31.8 Å². The van der Waals surface area contributed by atoms with E-state index in [2.05, 4.69) is 11.3 Å². The highest BCUT2D eigenvalue weighted by atomic mass is 16.5. The monoisotopic (exact) mass is 323 g/mol. The molecule has 2 rings (SSSR count). The fraction of sp³-hybridized carbons (Fsp3) is 0.625. The molecule has 0 radical (unpaired) electrons. The zero-order valence-corrected chi connectivity index (χ0v) is 13.0. The van der Waals surface area contributed by atoms with Crippen LogP contribution < -0.4 is 0 Å². The van der Waals surface area contributed by atoms with Gasteiger partial charge in [-0.3, -0.25) is 19.3 Å². The van der Waals surface area contributed by atoms with Crippen molar-refractivity contribution in [2.75, 3.05) is 19.8 Å². The molecular weight excluding hydrogens is 302 g/mol. The number of hydrogen-bond acceptors (Lipinski definition) is 6. The molecule has 2 unspecified atom stereocenters. The number of rotatable bonds is 7. The van der Waals surface area contributed by atoms with Crippen molar-refractivity contribution in [1.29, 1.82) is 0 Å². The van der Waals surface area contributed by atoms with Gasteiger partial charge in [-0.15, -0.1) is 0 Å². The van der Waals surface area contributed by atoms with Gasteiger partial charge in [0.1, 0.15) is 13.2 Å². The number of esters is 2. The van der Waals surface area contributed by atoms with Gasteiger partial charge in [-0.05, 0) is 12.8 Å². The van der Waals surface area contributed by atoms with Gasteiger partial charge >= 0.3 is 11.9 Å². The number of nitrogens with zero attached hydrogens (tertiary/aromatic N) is 1. The van der Waals surface area contributed by atoms with Gasteiger partial charge in [0.05, 0.1) is 24.8 Å². The molecule has 2 atom stereocenters. The van der Waals surface area contributed by atoms with Crippen LogP contribution in [-0.4, -0.2) is 48.4 Å². The SMILES string of the molecule is C=CC(=O)OCCC(=O)OCCN1C(=O)C2CCCCC2C1=O. The minimum atomic E-state index is -0.603. The van der Waals surface area contributed by atoms with E-state index in [1.807, 2.05) is 0 Å². The van der Waals surface area contributed by atoms with Crippen LogP contribution in [0, 0.1) is 11.8 Å². The number of carbonyl (C=O) groups is 4. The smallest absolute Gasteiger partial charge is 0.330 e. The number of hydrogen-bond donors (Lipinski definition) is 0. The Morgan fingerprint density at radius 3 is 2.26 bits per heavy atom. The second kappa shape index (κ2) is 7.89. The normalized spacial score (nSPS) is 23.4. The summed E-state index contributed by atoms with van der Waals surface area (Å²) in [5, 5.41) is 0. The first-order valence-corrected chi connectivity index (χ1v) is 7.84. The summed E-state index contributed by atoms with van der Waals surface area (Å²) in [5.41, 5.74) is 0. The summed E-state index contributed by atoms with van der Waals surface area (Å²) < 4.78 is 9.63. The van der Waals surface area contributed by atoms with Crippen molar-refractivity contribution in [2.45, 2.75) is 32.1 Å². The highest BCUT2D eigenvalue weighted by Crippen LogP contribution is 2.37. The maximum absolute atomic E-state index is 12.2. The molecule has 1 heterocycles. The van der Waals surface area contributed by atoms with Crippen LogP contribution in [0.3, 0.4) is 0 Å². The van der Waals surface area contributed by atoms with Crippen LogP contribution in [0.2, 0.25) is 0 Å². The minimum absolute atomic E-state index is 0.0365. The van der Waals surface area contributed by atoms with Gasteiger partial charge in [-0.1, -0.05) is 19.4 Å². The Balaban J connectivity index is 1.70. The lowest BCUT2D eigenvalue weighted by atomic mass is 9.81. The average Bonchev–Trinajstić information content (AvgIpc) is 2.80. The fourth-order valence-electron chi connectivity index (χ4n) is 3.07.